The molecule has 3 heteroatoms. The molecule has 0 fully saturated rings. The Morgan fingerprint density at radius 3 is 2.80 bits per heavy atom. The van der Waals surface area contributed by atoms with E-state index in [9.17, 15) is 4.79 Å². The van der Waals surface area contributed by atoms with Gasteiger partial charge in [0.2, 0.25) is 0 Å². The average Bonchev–Trinajstić information content (AvgIpc) is 2.27. The highest BCUT2D eigenvalue weighted by atomic mass is 16.5. The molecular formula is C12H14O3. The van der Waals surface area contributed by atoms with E-state index >= 15 is 0 Å². The van der Waals surface area contributed by atoms with Crippen LogP contribution in [0.2, 0.25) is 0 Å². The van der Waals surface area contributed by atoms with Crippen molar-refractivity contribution in [3.8, 4) is 11.5 Å². The smallest absolute Gasteiger partial charge is 0.167 e. The normalized spacial score (nSPS) is 10.3. The Morgan fingerprint density at radius 2 is 2.20 bits per heavy atom. The molecule has 1 rings (SSSR count). The first-order chi connectivity index (χ1) is 7.33. The fourth-order valence-corrected chi connectivity index (χ4v) is 1.29. The van der Waals surface area contributed by atoms with Crippen LogP contribution in [0.5, 0.6) is 11.5 Å². The van der Waals surface area contributed by atoms with Crippen LogP contribution in [0.3, 0.4) is 0 Å². The molecule has 0 atom stereocenters. The van der Waals surface area contributed by atoms with Crippen molar-refractivity contribution in [2.45, 2.75) is 6.92 Å². The number of rotatable bonds is 5. The van der Waals surface area contributed by atoms with Gasteiger partial charge in [-0.2, -0.15) is 0 Å². The minimum absolute atomic E-state index is 0.581. The van der Waals surface area contributed by atoms with Crippen molar-refractivity contribution in [2.24, 2.45) is 0 Å². The number of carbonyl (C=O) groups is 1. The van der Waals surface area contributed by atoms with Gasteiger partial charge in [0, 0.05) is 5.56 Å². The Hall–Kier alpha value is -1.77. The molecule has 0 radical (unpaired) electrons. The van der Waals surface area contributed by atoms with Gasteiger partial charge in [0.15, 0.2) is 11.5 Å². The first-order valence-corrected chi connectivity index (χ1v) is 4.75. The van der Waals surface area contributed by atoms with Crippen molar-refractivity contribution in [2.75, 3.05) is 13.7 Å². The van der Waals surface area contributed by atoms with E-state index in [2.05, 4.69) is 0 Å². The third-order valence-corrected chi connectivity index (χ3v) is 1.87. The van der Waals surface area contributed by atoms with E-state index in [1.807, 2.05) is 25.1 Å². The molecule has 1 aromatic rings. The van der Waals surface area contributed by atoms with Crippen molar-refractivity contribution >= 4 is 12.4 Å². The molecule has 0 aliphatic heterocycles. The monoisotopic (exact) mass is 206 g/mol. The Balaban J connectivity index is 3.09. The highest BCUT2D eigenvalue weighted by Crippen LogP contribution is 2.31. The van der Waals surface area contributed by atoms with Gasteiger partial charge in [-0.1, -0.05) is 12.1 Å². The SMILES string of the molecule is CCOc1cccc(C=CC=O)c1OC. The van der Waals surface area contributed by atoms with Crippen LogP contribution in [0.25, 0.3) is 6.08 Å². The molecule has 0 spiro atoms. The molecule has 3 nitrogen and oxygen atoms in total. The van der Waals surface area contributed by atoms with E-state index in [4.69, 9.17) is 9.47 Å². The quantitative estimate of drug-likeness (QED) is 0.547. The van der Waals surface area contributed by atoms with Crippen molar-refractivity contribution in [1.29, 1.82) is 0 Å². The highest BCUT2D eigenvalue weighted by molar-refractivity contribution is 5.76. The lowest BCUT2D eigenvalue weighted by Gasteiger charge is -2.11. The third-order valence-electron chi connectivity index (χ3n) is 1.87. The second kappa shape index (κ2) is 5.86. The Kier molecular flexibility index (Phi) is 4.41. The zero-order valence-corrected chi connectivity index (χ0v) is 8.90. The summed E-state index contributed by atoms with van der Waals surface area (Å²) in [7, 11) is 1.58. The number of methoxy groups -OCH3 is 1. The second-order valence-electron chi connectivity index (χ2n) is 2.81. The molecule has 0 N–H and O–H groups in total. The molecule has 0 unspecified atom stereocenters. The number of para-hydroxylation sites is 1. The molecule has 0 amide bonds. The molecule has 80 valence electrons. The highest BCUT2D eigenvalue weighted by Gasteiger charge is 2.06. The average molecular weight is 206 g/mol. The zero-order chi connectivity index (χ0) is 11.1. The van der Waals surface area contributed by atoms with Crippen LogP contribution in [0.1, 0.15) is 12.5 Å². The summed E-state index contributed by atoms with van der Waals surface area (Å²) in [6.45, 7) is 2.49. The van der Waals surface area contributed by atoms with Crippen molar-refractivity contribution < 1.29 is 14.3 Å². The fourth-order valence-electron chi connectivity index (χ4n) is 1.29. The Labute approximate surface area is 89.3 Å². The first-order valence-electron chi connectivity index (χ1n) is 4.75. The third kappa shape index (κ3) is 2.84. The van der Waals surface area contributed by atoms with Crippen LogP contribution >= 0.6 is 0 Å². The van der Waals surface area contributed by atoms with Crippen LogP contribution in [-0.4, -0.2) is 20.0 Å². The Bertz CT molecular complexity index is 356. The summed E-state index contributed by atoms with van der Waals surface area (Å²) in [5.41, 5.74) is 0.829. The van der Waals surface area contributed by atoms with Gasteiger partial charge in [-0.15, -0.1) is 0 Å². The van der Waals surface area contributed by atoms with Crippen molar-refractivity contribution in [3.05, 3.63) is 29.8 Å². The molecule has 0 heterocycles. The molecule has 0 saturated carbocycles. The van der Waals surface area contributed by atoms with Gasteiger partial charge < -0.3 is 9.47 Å². The van der Waals surface area contributed by atoms with Crippen molar-refractivity contribution in [3.63, 3.8) is 0 Å². The lowest BCUT2D eigenvalue weighted by atomic mass is 10.1. The molecule has 0 aliphatic carbocycles. The van der Waals surface area contributed by atoms with Gasteiger partial charge in [0.05, 0.1) is 13.7 Å². The maximum absolute atomic E-state index is 10.2. The standard InChI is InChI=1S/C12H14O3/c1-3-15-11-8-4-6-10(7-5-9-13)12(11)14-2/h4-9H,3H2,1-2H3. The number of allylic oxidation sites excluding steroid dienone is 1. The largest absolute Gasteiger partial charge is 0.492 e. The van der Waals surface area contributed by atoms with Gasteiger partial charge in [-0.25, -0.2) is 0 Å². The predicted octanol–water partition coefficient (Wildman–Crippen LogP) is 2.31. The summed E-state index contributed by atoms with van der Waals surface area (Å²) >= 11 is 0. The van der Waals surface area contributed by atoms with Crippen LogP contribution in [-0.2, 0) is 4.79 Å². The topological polar surface area (TPSA) is 35.5 Å². The maximum Gasteiger partial charge on any atom is 0.167 e. The van der Waals surface area contributed by atoms with Gasteiger partial charge >= 0.3 is 0 Å². The molecule has 1 aromatic carbocycles. The van der Waals surface area contributed by atoms with Crippen LogP contribution in [0.4, 0.5) is 0 Å². The summed E-state index contributed by atoms with van der Waals surface area (Å²) < 4.78 is 10.6. The second-order valence-corrected chi connectivity index (χ2v) is 2.81. The lowest BCUT2D eigenvalue weighted by Crippen LogP contribution is -1.96. The van der Waals surface area contributed by atoms with Gasteiger partial charge in [0.25, 0.3) is 0 Å². The Morgan fingerprint density at radius 1 is 1.40 bits per heavy atom. The number of hydrogen-bond donors (Lipinski definition) is 0. The molecule has 0 aromatic heterocycles. The minimum atomic E-state index is 0.581. The van der Waals surface area contributed by atoms with E-state index in [1.165, 1.54) is 6.08 Å². The summed E-state index contributed by atoms with van der Waals surface area (Å²) in [6.07, 6.45) is 3.84. The number of ether oxygens (including phenoxy) is 2. The number of aldehydes is 1. The van der Waals surface area contributed by atoms with Gasteiger partial charge in [-0.3, -0.25) is 4.79 Å². The molecule has 0 bridgehead atoms. The zero-order valence-electron chi connectivity index (χ0n) is 8.90. The molecule has 15 heavy (non-hydrogen) atoms. The van der Waals surface area contributed by atoms with Gasteiger partial charge in [-0.05, 0) is 25.1 Å². The van der Waals surface area contributed by atoms with Crippen LogP contribution < -0.4 is 9.47 Å². The van der Waals surface area contributed by atoms with E-state index in [0.29, 0.717) is 18.1 Å². The number of benzene rings is 1. The number of hydrogen-bond acceptors (Lipinski definition) is 3. The summed E-state index contributed by atoms with van der Waals surface area (Å²) in [5.74, 6) is 1.34. The number of carbonyl (C=O) groups excluding carboxylic acids is 1. The first kappa shape index (κ1) is 11.3. The summed E-state index contributed by atoms with van der Waals surface area (Å²) in [4.78, 5) is 10.2. The molecular weight excluding hydrogens is 192 g/mol. The minimum Gasteiger partial charge on any atom is -0.492 e. The fraction of sp³-hybridized carbons (Fsp3) is 0.250. The summed E-state index contributed by atoms with van der Waals surface area (Å²) in [6, 6.07) is 5.56. The predicted molar refractivity (Wildman–Crippen MR) is 59.3 cm³/mol. The van der Waals surface area contributed by atoms with Gasteiger partial charge in [0.1, 0.15) is 6.29 Å². The van der Waals surface area contributed by atoms with E-state index < -0.39 is 0 Å². The lowest BCUT2D eigenvalue weighted by molar-refractivity contribution is -0.104. The molecule has 0 aliphatic rings. The van der Waals surface area contributed by atoms with Crippen LogP contribution in [0.15, 0.2) is 24.3 Å². The van der Waals surface area contributed by atoms with E-state index in [-0.39, 0.29) is 0 Å². The van der Waals surface area contributed by atoms with E-state index in [1.54, 1.807) is 13.2 Å². The summed E-state index contributed by atoms with van der Waals surface area (Å²) in [5, 5.41) is 0. The van der Waals surface area contributed by atoms with Crippen molar-refractivity contribution in [1.82, 2.24) is 0 Å². The maximum atomic E-state index is 10.2. The van der Waals surface area contributed by atoms with E-state index in [0.717, 1.165) is 11.8 Å². The molecule has 0 saturated heterocycles. The van der Waals surface area contributed by atoms with Crippen LogP contribution in [0, 0.1) is 0 Å².